The van der Waals surface area contributed by atoms with Crippen LogP contribution >= 0.6 is 23.8 Å². The van der Waals surface area contributed by atoms with Gasteiger partial charge in [-0.2, -0.15) is 0 Å². The Morgan fingerprint density at radius 2 is 1.79 bits per heavy atom. The summed E-state index contributed by atoms with van der Waals surface area (Å²) in [4.78, 5) is 26.9. The van der Waals surface area contributed by atoms with Gasteiger partial charge in [-0.15, -0.1) is 0 Å². The molecule has 1 saturated heterocycles. The van der Waals surface area contributed by atoms with Crippen LogP contribution in [0, 0.1) is 6.92 Å². The standard InChI is InChI=1S/C21H14ClN3O3S/c1-12-16(18(24-28-12)13-5-3-2-4-6-13)11-17-19(26)23-21(29)25(20(17)27)15-9-7-14(22)8-10-15/h2-11H,1H3,(H,23,26,29)/b17-11+. The Hall–Kier alpha value is -3.29. The van der Waals surface area contributed by atoms with Crippen molar-refractivity contribution >= 4 is 52.5 Å². The molecule has 4 rings (SSSR count). The van der Waals surface area contributed by atoms with Gasteiger partial charge in [0.15, 0.2) is 5.11 Å². The van der Waals surface area contributed by atoms with E-state index in [2.05, 4.69) is 10.5 Å². The van der Waals surface area contributed by atoms with Crippen LogP contribution in [-0.4, -0.2) is 22.1 Å². The van der Waals surface area contributed by atoms with Crippen LogP contribution < -0.4 is 10.2 Å². The number of nitrogens with one attached hydrogen (secondary N) is 1. The summed E-state index contributed by atoms with van der Waals surface area (Å²) in [6.07, 6.45) is 1.48. The minimum atomic E-state index is -0.579. The third kappa shape index (κ3) is 3.57. The van der Waals surface area contributed by atoms with Crippen LogP contribution in [0.25, 0.3) is 17.3 Å². The molecule has 0 atom stereocenters. The van der Waals surface area contributed by atoms with Crippen LogP contribution in [0.1, 0.15) is 11.3 Å². The van der Waals surface area contributed by atoms with Crippen molar-refractivity contribution < 1.29 is 14.1 Å². The number of thiocarbonyl (C=S) groups is 1. The van der Waals surface area contributed by atoms with Crippen molar-refractivity contribution in [2.24, 2.45) is 0 Å². The van der Waals surface area contributed by atoms with Gasteiger partial charge in [0, 0.05) is 16.1 Å². The van der Waals surface area contributed by atoms with Gasteiger partial charge in [-0.05, 0) is 49.5 Å². The lowest BCUT2D eigenvalue weighted by molar-refractivity contribution is -0.122. The van der Waals surface area contributed by atoms with Crippen LogP contribution in [0.3, 0.4) is 0 Å². The Kier molecular flexibility index (Phi) is 5.00. The van der Waals surface area contributed by atoms with Crippen molar-refractivity contribution in [3.63, 3.8) is 0 Å². The van der Waals surface area contributed by atoms with Crippen molar-refractivity contribution in [1.82, 2.24) is 10.5 Å². The Bertz CT molecular complexity index is 1150. The number of nitrogens with zero attached hydrogens (tertiary/aromatic N) is 2. The molecule has 29 heavy (non-hydrogen) atoms. The maximum atomic E-state index is 13.1. The van der Waals surface area contributed by atoms with E-state index < -0.39 is 11.8 Å². The van der Waals surface area contributed by atoms with Crippen LogP contribution in [0.2, 0.25) is 5.02 Å². The second kappa shape index (κ2) is 7.62. The van der Waals surface area contributed by atoms with E-state index in [4.69, 9.17) is 28.3 Å². The second-order valence-electron chi connectivity index (χ2n) is 6.30. The summed E-state index contributed by atoms with van der Waals surface area (Å²) < 4.78 is 5.32. The fourth-order valence-corrected chi connectivity index (χ4v) is 3.39. The van der Waals surface area contributed by atoms with Gasteiger partial charge in [0.25, 0.3) is 11.8 Å². The van der Waals surface area contributed by atoms with Gasteiger partial charge in [0.05, 0.1) is 5.69 Å². The summed E-state index contributed by atoms with van der Waals surface area (Å²) in [7, 11) is 0. The topological polar surface area (TPSA) is 75.4 Å². The third-order valence-electron chi connectivity index (χ3n) is 4.43. The summed E-state index contributed by atoms with van der Waals surface area (Å²) in [5.41, 5.74) is 2.34. The van der Waals surface area contributed by atoms with Crippen LogP contribution in [0.15, 0.2) is 64.7 Å². The van der Waals surface area contributed by atoms with E-state index in [9.17, 15) is 9.59 Å². The molecule has 1 fully saturated rings. The predicted octanol–water partition coefficient (Wildman–Crippen LogP) is 4.13. The third-order valence-corrected chi connectivity index (χ3v) is 4.97. The number of hydrogen-bond donors (Lipinski definition) is 1. The van der Waals surface area contributed by atoms with Crippen molar-refractivity contribution in [2.45, 2.75) is 6.92 Å². The highest BCUT2D eigenvalue weighted by molar-refractivity contribution is 7.80. The highest BCUT2D eigenvalue weighted by Gasteiger charge is 2.35. The Labute approximate surface area is 176 Å². The molecule has 0 aliphatic carbocycles. The number of benzene rings is 2. The molecule has 0 bridgehead atoms. The number of aromatic nitrogens is 1. The van der Waals surface area contributed by atoms with Crippen molar-refractivity contribution in [1.29, 1.82) is 0 Å². The largest absolute Gasteiger partial charge is 0.360 e. The van der Waals surface area contributed by atoms with Crippen LogP contribution in [0.4, 0.5) is 5.69 Å². The van der Waals surface area contributed by atoms with E-state index >= 15 is 0 Å². The molecule has 0 unspecified atom stereocenters. The van der Waals surface area contributed by atoms with Crippen LogP contribution in [0.5, 0.6) is 0 Å². The molecule has 1 N–H and O–H groups in total. The first-order chi connectivity index (χ1) is 14.0. The molecule has 0 radical (unpaired) electrons. The first kappa shape index (κ1) is 19.0. The highest BCUT2D eigenvalue weighted by atomic mass is 35.5. The Balaban J connectivity index is 1.78. The summed E-state index contributed by atoms with van der Waals surface area (Å²) in [5.74, 6) is -0.631. The number of aryl methyl sites for hydroxylation is 1. The van der Waals surface area contributed by atoms with Gasteiger partial charge in [0.2, 0.25) is 0 Å². The molecule has 144 valence electrons. The summed E-state index contributed by atoms with van der Waals surface area (Å²) >= 11 is 11.1. The molecule has 0 saturated carbocycles. The number of anilines is 1. The average Bonchev–Trinajstić information content (AvgIpc) is 3.07. The van der Waals surface area contributed by atoms with Gasteiger partial charge < -0.3 is 4.52 Å². The van der Waals surface area contributed by atoms with Crippen molar-refractivity contribution in [3.05, 3.63) is 76.5 Å². The monoisotopic (exact) mass is 423 g/mol. The number of halogens is 1. The molecule has 6 nitrogen and oxygen atoms in total. The zero-order chi connectivity index (χ0) is 20.5. The van der Waals surface area contributed by atoms with Crippen molar-refractivity contribution in [3.8, 4) is 11.3 Å². The molecule has 2 aromatic carbocycles. The quantitative estimate of drug-likeness (QED) is 0.389. The average molecular weight is 424 g/mol. The van der Waals surface area contributed by atoms with Gasteiger partial charge in [-0.25, -0.2) is 0 Å². The van der Waals surface area contributed by atoms with E-state index in [1.54, 1.807) is 31.2 Å². The number of carbonyl (C=O) groups excluding carboxylic acids is 2. The fourth-order valence-electron chi connectivity index (χ4n) is 2.98. The predicted molar refractivity (Wildman–Crippen MR) is 114 cm³/mol. The van der Waals surface area contributed by atoms with Crippen LogP contribution in [-0.2, 0) is 9.59 Å². The van der Waals surface area contributed by atoms with E-state index in [1.165, 1.54) is 11.0 Å². The first-order valence-corrected chi connectivity index (χ1v) is 9.43. The molecular formula is C21H14ClN3O3S. The van der Waals surface area contributed by atoms with E-state index in [-0.39, 0.29) is 10.7 Å². The number of rotatable bonds is 3. The molecule has 8 heteroatoms. The molecule has 3 aromatic rings. The first-order valence-electron chi connectivity index (χ1n) is 8.64. The minimum absolute atomic E-state index is 0.00444. The van der Waals surface area contributed by atoms with Gasteiger partial charge >= 0.3 is 0 Å². The molecule has 1 aliphatic rings. The summed E-state index contributed by atoms with van der Waals surface area (Å²) in [5, 5.41) is 7.18. The van der Waals surface area contributed by atoms with E-state index in [0.29, 0.717) is 27.7 Å². The lowest BCUT2D eigenvalue weighted by Crippen LogP contribution is -2.54. The number of amides is 2. The molecule has 1 aromatic heterocycles. The minimum Gasteiger partial charge on any atom is -0.360 e. The molecule has 2 amide bonds. The Morgan fingerprint density at radius 1 is 1.10 bits per heavy atom. The normalized spacial score (nSPS) is 15.7. The van der Waals surface area contributed by atoms with Crippen molar-refractivity contribution in [2.75, 3.05) is 4.90 Å². The summed E-state index contributed by atoms with van der Waals surface area (Å²) in [6.45, 7) is 1.72. The molecular weight excluding hydrogens is 410 g/mol. The summed E-state index contributed by atoms with van der Waals surface area (Å²) in [6, 6.07) is 16.0. The maximum Gasteiger partial charge on any atom is 0.270 e. The highest BCUT2D eigenvalue weighted by Crippen LogP contribution is 2.29. The zero-order valence-electron chi connectivity index (χ0n) is 15.2. The SMILES string of the molecule is Cc1onc(-c2ccccc2)c1/C=C1\C(=O)NC(=S)N(c2ccc(Cl)cc2)C1=O. The maximum absolute atomic E-state index is 13.1. The van der Waals surface area contributed by atoms with Gasteiger partial charge in [-0.3, -0.25) is 19.8 Å². The lowest BCUT2D eigenvalue weighted by atomic mass is 10.0. The molecule has 0 spiro atoms. The lowest BCUT2D eigenvalue weighted by Gasteiger charge is -2.28. The van der Waals surface area contributed by atoms with Gasteiger partial charge in [-0.1, -0.05) is 47.1 Å². The van der Waals surface area contributed by atoms with E-state index in [0.717, 1.165) is 5.56 Å². The molecule has 1 aliphatic heterocycles. The second-order valence-corrected chi connectivity index (χ2v) is 7.12. The van der Waals surface area contributed by atoms with E-state index in [1.807, 2.05) is 30.3 Å². The smallest absolute Gasteiger partial charge is 0.270 e. The fraction of sp³-hybridized carbons (Fsp3) is 0.0476. The Morgan fingerprint density at radius 3 is 2.48 bits per heavy atom. The number of carbonyl (C=O) groups is 2. The number of hydrogen-bond acceptors (Lipinski definition) is 5. The molecule has 2 heterocycles. The zero-order valence-corrected chi connectivity index (χ0v) is 16.8. The van der Waals surface area contributed by atoms with Gasteiger partial charge in [0.1, 0.15) is 17.0 Å².